The van der Waals surface area contributed by atoms with Crippen molar-refractivity contribution < 1.29 is 4.74 Å². The van der Waals surface area contributed by atoms with Gasteiger partial charge in [0.1, 0.15) is 5.84 Å². The number of rotatable bonds is 3. The van der Waals surface area contributed by atoms with Crippen LogP contribution in [0.3, 0.4) is 0 Å². The van der Waals surface area contributed by atoms with Crippen LogP contribution in [0.4, 0.5) is 0 Å². The highest BCUT2D eigenvalue weighted by Gasteiger charge is 2.13. The molecule has 0 amide bonds. The van der Waals surface area contributed by atoms with Crippen molar-refractivity contribution in [2.24, 2.45) is 16.7 Å². The number of ether oxygens (including phenoxy) is 1. The molecule has 1 heterocycles. The Morgan fingerprint density at radius 1 is 1.50 bits per heavy atom. The number of nitrogens with two attached hydrogens (primary N) is 2. The lowest BCUT2D eigenvalue weighted by molar-refractivity contribution is 0.0125. The Morgan fingerprint density at radius 2 is 2.33 bits per heavy atom. The first kappa shape index (κ1) is 9.32. The molecule has 1 atom stereocenters. The topological polar surface area (TPSA) is 73.6 Å². The SMILES string of the molecule is NN=C(N)CCC1CCCCO1. The molecule has 4 nitrogen and oxygen atoms in total. The average molecular weight is 171 g/mol. The van der Waals surface area contributed by atoms with E-state index in [1.807, 2.05) is 0 Å². The zero-order chi connectivity index (χ0) is 8.81. The fourth-order valence-corrected chi connectivity index (χ4v) is 1.41. The van der Waals surface area contributed by atoms with Crippen LogP contribution in [-0.4, -0.2) is 18.5 Å². The first-order chi connectivity index (χ1) is 5.83. The van der Waals surface area contributed by atoms with Crippen LogP contribution in [0, 0.1) is 0 Å². The van der Waals surface area contributed by atoms with E-state index in [4.69, 9.17) is 16.3 Å². The Morgan fingerprint density at radius 3 is 2.92 bits per heavy atom. The summed E-state index contributed by atoms with van der Waals surface area (Å²) in [6.07, 6.45) is 5.69. The van der Waals surface area contributed by atoms with Gasteiger partial charge in [-0.2, -0.15) is 5.10 Å². The summed E-state index contributed by atoms with van der Waals surface area (Å²) in [7, 11) is 0. The molecule has 1 aliphatic heterocycles. The van der Waals surface area contributed by atoms with E-state index in [0.717, 1.165) is 25.9 Å². The quantitative estimate of drug-likeness (QED) is 0.282. The van der Waals surface area contributed by atoms with Crippen molar-refractivity contribution in [1.82, 2.24) is 0 Å². The maximum Gasteiger partial charge on any atom is 0.119 e. The highest BCUT2D eigenvalue weighted by Crippen LogP contribution is 2.16. The summed E-state index contributed by atoms with van der Waals surface area (Å²) in [6, 6.07) is 0. The van der Waals surface area contributed by atoms with Crippen LogP contribution in [0.5, 0.6) is 0 Å². The van der Waals surface area contributed by atoms with E-state index < -0.39 is 0 Å². The van der Waals surface area contributed by atoms with E-state index in [1.54, 1.807) is 0 Å². The molecule has 0 radical (unpaired) electrons. The average Bonchev–Trinajstić information content (AvgIpc) is 2.16. The molecule has 0 saturated carbocycles. The van der Waals surface area contributed by atoms with Crippen LogP contribution in [0.15, 0.2) is 5.10 Å². The Bertz CT molecular complexity index is 152. The van der Waals surface area contributed by atoms with Gasteiger partial charge in [-0.1, -0.05) is 0 Å². The Balaban J connectivity index is 2.13. The molecule has 0 aliphatic carbocycles. The lowest BCUT2D eigenvalue weighted by atomic mass is 10.0. The summed E-state index contributed by atoms with van der Waals surface area (Å²) in [6.45, 7) is 0.893. The first-order valence-electron chi connectivity index (χ1n) is 4.46. The summed E-state index contributed by atoms with van der Waals surface area (Å²) < 4.78 is 5.52. The van der Waals surface area contributed by atoms with Gasteiger partial charge in [-0.25, -0.2) is 0 Å². The van der Waals surface area contributed by atoms with Gasteiger partial charge in [0.15, 0.2) is 0 Å². The largest absolute Gasteiger partial charge is 0.386 e. The van der Waals surface area contributed by atoms with E-state index >= 15 is 0 Å². The highest BCUT2D eigenvalue weighted by molar-refractivity contribution is 5.79. The predicted molar refractivity (Wildman–Crippen MR) is 48.6 cm³/mol. The summed E-state index contributed by atoms with van der Waals surface area (Å²) in [4.78, 5) is 0. The van der Waals surface area contributed by atoms with Crippen LogP contribution in [0.1, 0.15) is 32.1 Å². The lowest BCUT2D eigenvalue weighted by Gasteiger charge is -2.22. The van der Waals surface area contributed by atoms with Gasteiger partial charge in [0.25, 0.3) is 0 Å². The molecule has 0 bridgehead atoms. The molecular formula is C8H17N3O. The number of nitrogens with zero attached hydrogens (tertiary/aromatic N) is 1. The monoisotopic (exact) mass is 171 g/mol. The molecular weight excluding hydrogens is 154 g/mol. The molecule has 70 valence electrons. The van der Waals surface area contributed by atoms with E-state index in [0.29, 0.717) is 11.9 Å². The van der Waals surface area contributed by atoms with Gasteiger partial charge in [-0.3, -0.25) is 0 Å². The molecule has 1 unspecified atom stereocenters. The summed E-state index contributed by atoms with van der Waals surface area (Å²) in [5.41, 5.74) is 5.46. The molecule has 4 heteroatoms. The highest BCUT2D eigenvalue weighted by atomic mass is 16.5. The van der Waals surface area contributed by atoms with Gasteiger partial charge in [0, 0.05) is 13.0 Å². The van der Waals surface area contributed by atoms with Gasteiger partial charge in [0.05, 0.1) is 6.10 Å². The van der Waals surface area contributed by atoms with Crippen LogP contribution in [-0.2, 0) is 4.74 Å². The zero-order valence-corrected chi connectivity index (χ0v) is 7.33. The molecule has 1 fully saturated rings. The molecule has 0 spiro atoms. The van der Waals surface area contributed by atoms with Crippen LogP contribution < -0.4 is 11.6 Å². The lowest BCUT2D eigenvalue weighted by Crippen LogP contribution is -2.22. The van der Waals surface area contributed by atoms with E-state index in [-0.39, 0.29) is 0 Å². The fourth-order valence-electron chi connectivity index (χ4n) is 1.41. The normalized spacial score (nSPS) is 25.7. The molecule has 0 aromatic carbocycles. The second-order valence-corrected chi connectivity index (χ2v) is 3.15. The Hall–Kier alpha value is -0.770. The first-order valence-corrected chi connectivity index (χ1v) is 4.46. The molecule has 0 aromatic heterocycles. The summed E-state index contributed by atoms with van der Waals surface area (Å²) >= 11 is 0. The van der Waals surface area contributed by atoms with Crippen molar-refractivity contribution in [3.8, 4) is 0 Å². The van der Waals surface area contributed by atoms with E-state index in [2.05, 4.69) is 5.10 Å². The van der Waals surface area contributed by atoms with E-state index in [1.165, 1.54) is 12.8 Å². The van der Waals surface area contributed by atoms with Gasteiger partial charge < -0.3 is 16.3 Å². The Kier molecular flexibility index (Phi) is 3.87. The number of hydrogen-bond acceptors (Lipinski definition) is 3. The van der Waals surface area contributed by atoms with Crippen LogP contribution in [0.2, 0.25) is 0 Å². The van der Waals surface area contributed by atoms with Crippen molar-refractivity contribution in [3.63, 3.8) is 0 Å². The molecule has 0 aromatic rings. The third kappa shape index (κ3) is 3.09. The minimum atomic E-state index is 0.374. The predicted octanol–water partition coefficient (Wildman–Crippen LogP) is 0.567. The number of hydrogen-bond donors (Lipinski definition) is 2. The third-order valence-electron chi connectivity index (χ3n) is 2.16. The molecule has 12 heavy (non-hydrogen) atoms. The molecule has 1 rings (SSSR count). The Labute approximate surface area is 72.9 Å². The van der Waals surface area contributed by atoms with E-state index in [9.17, 15) is 0 Å². The minimum absolute atomic E-state index is 0.374. The molecule has 1 aliphatic rings. The van der Waals surface area contributed by atoms with Crippen molar-refractivity contribution >= 4 is 5.84 Å². The maximum atomic E-state index is 5.52. The maximum absolute atomic E-state index is 5.52. The second kappa shape index (κ2) is 4.98. The van der Waals surface area contributed by atoms with Crippen LogP contribution in [0.25, 0.3) is 0 Å². The fraction of sp³-hybridized carbons (Fsp3) is 0.875. The second-order valence-electron chi connectivity index (χ2n) is 3.15. The third-order valence-corrected chi connectivity index (χ3v) is 2.16. The van der Waals surface area contributed by atoms with Gasteiger partial charge in [-0.15, -0.1) is 0 Å². The van der Waals surface area contributed by atoms with Crippen molar-refractivity contribution in [1.29, 1.82) is 0 Å². The van der Waals surface area contributed by atoms with Crippen molar-refractivity contribution in [3.05, 3.63) is 0 Å². The molecule has 4 N–H and O–H groups in total. The van der Waals surface area contributed by atoms with Gasteiger partial charge in [0.2, 0.25) is 0 Å². The molecule has 1 saturated heterocycles. The minimum Gasteiger partial charge on any atom is -0.386 e. The van der Waals surface area contributed by atoms with Crippen molar-refractivity contribution in [2.45, 2.75) is 38.2 Å². The summed E-state index contributed by atoms with van der Waals surface area (Å²) in [5.74, 6) is 5.53. The number of hydrazone groups is 1. The van der Waals surface area contributed by atoms with Gasteiger partial charge >= 0.3 is 0 Å². The number of amidine groups is 1. The van der Waals surface area contributed by atoms with Crippen LogP contribution >= 0.6 is 0 Å². The standard InChI is InChI=1S/C8H17N3O/c9-8(11-10)5-4-7-3-1-2-6-12-7/h7H,1-6,10H2,(H2,9,11). The zero-order valence-electron chi connectivity index (χ0n) is 7.33. The van der Waals surface area contributed by atoms with Crippen molar-refractivity contribution in [2.75, 3.05) is 6.61 Å². The van der Waals surface area contributed by atoms with Gasteiger partial charge in [-0.05, 0) is 25.7 Å². The summed E-state index contributed by atoms with van der Waals surface area (Å²) in [5, 5.41) is 3.41. The smallest absolute Gasteiger partial charge is 0.119 e.